The molecule has 2 aromatic heterocycles. The van der Waals surface area contributed by atoms with E-state index in [0.717, 1.165) is 54.8 Å². The molecule has 0 saturated heterocycles. The van der Waals surface area contributed by atoms with Crippen molar-refractivity contribution in [2.24, 2.45) is 0 Å². The minimum absolute atomic E-state index is 0.725. The minimum Gasteiger partial charge on any atom is -0.404 e. The molecule has 0 fully saturated rings. The number of H-pyrrole nitrogens is 1. The van der Waals surface area contributed by atoms with E-state index in [4.69, 9.17) is 0 Å². The Labute approximate surface area is 179 Å². The molecule has 2 aromatic carbocycles. The van der Waals surface area contributed by atoms with Gasteiger partial charge < -0.3 is 14.6 Å². The molecular weight excluding hydrogens is 388 g/mol. The number of hydrogen-bond donors (Lipinski definition) is 3. The summed E-state index contributed by atoms with van der Waals surface area (Å²) >= 11 is 0. The van der Waals surface area contributed by atoms with Gasteiger partial charge in [0.25, 0.3) is 0 Å². The van der Waals surface area contributed by atoms with Crippen LogP contribution in [0.1, 0.15) is 33.4 Å². The van der Waals surface area contributed by atoms with E-state index in [1.54, 1.807) is 6.20 Å². The summed E-state index contributed by atoms with van der Waals surface area (Å²) in [6, 6.07) is 14.0. The summed E-state index contributed by atoms with van der Waals surface area (Å²) in [6.07, 6.45) is 3.66. The van der Waals surface area contributed by atoms with E-state index in [1.165, 1.54) is 0 Å². The van der Waals surface area contributed by atoms with Crippen LogP contribution in [0.5, 0.6) is 0 Å². The molecule has 156 valence electrons. The summed E-state index contributed by atoms with van der Waals surface area (Å²) in [6.45, 7) is 11.9. The lowest BCUT2D eigenvalue weighted by Gasteiger charge is -2.26. The number of fused-ring (bicyclic) bond motifs is 1. The number of hydrogen-bond acceptors (Lipinski definition) is 3. The molecule has 5 heteroatoms. The SMILES string of the molecule is Cc1cc(C)c([Si](O)(O)c2c(C)cc(C)cc2C)c(C)c1.c1cnc2[nH]ccc2c1. The maximum Gasteiger partial charge on any atom is 0.402 e. The van der Waals surface area contributed by atoms with Gasteiger partial charge in [0.2, 0.25) is 0 Å². The van der Waals surface area contributed by atoms with Crippen molar-refractivity contribution in [2.45, 2.75) is 41.5 Å². The number of nitrogens with zero attached hydrogens (tertiary/aromatic N) is 1. The minimum atomic E-state index is -3.68. The van der Waals surface area contributed by atoms with Crippen LogP contribution in [0, 0.1) is 41.5 Å². The van der Waals surface area contributed by atoms with E-state index in [-0.39, 0.29) is 0 Å². The Morgan fingerprint density at radius 3 is 1.63 bits per heavy atom. The molecule has 0 atom stereocenters. The number of aryl methyl sites for hydroxylation is 6. The first-order chi connectivity index (χ1) is 14.1. The second-order valence-electron chi connectivity index (χ2n) is 8.14. The predicted octanol–water partition coefficient (Wildman–Crippen LogP) is 3.64. The van der Waals surface area contributed by atoms with Gasteiger partial charge in [0.15, 0.2) is 0 Å². The molecule has 3 N–H and O–H groups in total. The molecule has 4 rings (SSSR count). The van der Waals surface area contributed by atoms with E-state index >= 15 is 0 Å². The molecule has 0 bridgehead atoms. The largest absolute Gasteiger partial charge is 0.404 e. The van der Waals surface area contributed by atoms with Crippen molar-refractivity contribution >= 4 is 30.0 Å². The van der Waals surface area contributed by atoms with Crippen molar-refractivity contribution in [3.05, 3.63) is 88.2 Å². The van der Waals surface area contributed by atoms with Gasteiger partial charge >= 0.3 is 8.56 Å². The standard InChI is InChI=1S/C18H24O2Si.C7H6N2/c1-11-7-13(3)17(14(4)8-11)21(19,20)18-15(5)9-12(2)10-16(18)6;1-2-6-3-5-9-7(6)8-4-1/h7-10,19-20H,1-6H3;1-5H,(H,8,9). The van der Waals surface area contributed by atoms with Crippen LogP contribution < -0.4 is 10.4 Å². The first-order valence-corrected chi connectivity index (χ1v) is 12.0. The van der Waals surface area contributed by atoms with Crippen LogP contribution in [0.4, 0.5) is 0 Å². The molecule has 4 nitrogen and oxygen atoms in total. The number of aromatic nitrogens is 2. The van der Waals surface area contributed by atoms with Gasteiger partial charge in [-0.25, -0.2) is 4.98 Å². The Morgan fingerprint density at radius 1 is 0.733 bits per heavy atom. The van der Waals surface area contributed by atoms with E-state index < -0.39 is 8.56 Å². The summed E-state index contributed by atoms with van der Waals surface area (Å²) in [4.78, 5) is 29.2. The van der Waals surface area contributed by atoms with Gasteiger partial charge in [0.1, 0.15) is 5.65 Å². The topological polar surface area (TPSA) is 69.1 Å². The fraction of sp³-hybridized carbons (Fsp3) is 0.240. The monoisotopic (exact) mass is 418 g/mol. The highest BCUT2D eigenvalue weighted by Gasteiger charge is 2.40. The first kappa shape index (κ1) is 22.0. The molecule has 4 aromatic rings. The van der Waals surface area contributed by atoms with Crippen molar-refractivity contribution in [2.75, 3.05) is 0 Å². The van der Waals surface area contributed by atoms with Crippen LogP contribution in [-0.4, -0.2) is 28.1 Å². The van der Waals surface area contributed by atoms with Crippen LogP contribution in [0.15, 0.2) is 54.9 Å². The molecule has 2 heterocycles. The highest BCUT2D eigenvalue weighted by molar-refractivity contribution is 6.91. The molecule has 0 unspecified atom stereocenters. The normalized spacial score (nSPS) is 11.3. The molecule has 0 aliphatic rings. The summed E-state index contributed by atoms with van der Waals surface area (Å²) in [5, 5.41) is 2.61. The fourth-order valence-electron chi connectivity index (χ4n) is 4.47. The molecule has 0 amide bonds. The van der Waals surface area contributed by atoms with Crippen molar-refractivity contribution in [1.29, 1.82) is 0 Å². The van der Waals surface area contributed by atoms with Crippen molar-refractivity contribution < 1.29 is 9.59 Å². The lowest BCUT2D eigenvalue weighted by molar-refractivity contribution is 0.400. The molecular formula is C25H30N2O2Si. The van der Waals surface area contributed by atoms with Gasteiger partial charge in [-0.2, -0.15) is 0 Å². The van der Waals surface area contributed by atoms with Gasteiger partial charge in [0, 0.05) is 28.2 Å². The van der Waals surface area contributed by atoms with Crippen LogP contribution in [0.25, 0.3) is 11.0 Å². The Balaban J connectivity index is 0.000000234. The second kappa shape index (κ2) is 8.56. The van der Waals surface area contributed by atoms with Crippen molar-refractivity contribution in [3.8, 4) is 0 Å². The van der Waals surface area contributed by atoms with Crippen LogP contribution in [0.2, 0.25) is 0 Å². The Bertz CT molecular complexity index is 1060. The molecule has 30 heavy (non-hydrogen) atoms. The maximum absolute atomic E-state index is 11.1. The van der Waals surface area contributed by atoms with Crippen LogP contribution in [-0.2, 0) is 0 Å². The third kappa shape index (κ3) is 4.38. The van der Waals surface area contributed by atoms with E-state index in [9.17, 15) is 9.59 Å². The predicted molar refractivity (Wildman–Crippen MR) is 127 cm³/mol. The van der Waals surface area contributed by atoms with E-state index in [2.05, 4.69) is 9.97 Å². The van der Waals surface area contributed by atoms with Gasteiger partial charge in [-0.05, 0) is 82.0 Å². The van der Waals surface area contributed by atoms with Gasteiger partial charge in [-0.3, -0.25) is 0 Å². The lowest BCUT2D eigenvalue weighted by atomic mass is 10.1. The van der Waals surface area contributed by atoms with Crippen LogP contribution in [0.3, 0.4) is 0 Å². The summed E-state index contributed by atoms with van der Waals surface area (Å²) in [5.74, 6) is 0. The molecule has 0 aliphatic heterocycles. The molecule has 0 saturated carbocycles. The number of aromatic amines is 1. The van der Waals surface area contributed by atoms with Gasteiger partial charge in [0.05, 0.1) is 0 Å². The zero-order chi connectivity index (χ0) is 22.1. The third-order valence-corrected chi connectivity index (χ3v) is 8.34. The number of rotatable bonds is 2. The number of nitrogens with one attached hydrogen (secondary N) is 1. The van der Waals surface area contributed by atoms with E-state index in [1.807, 2.05) is 90.2 Å². The molecule has 0 spiro atoms. The summed E-state index contributed by atoms with van der Waals surface area (Å²) in [5.41, 5.74) is 7.10. The summed E-state index contributed by atoms with van der Waals surface area (Å²) in [7, 11) is -3.68. The molecule has 0 aliphatic carbocycles. The fourth-order valence-corrected chi connectivity index (χ4v) is 7.21. The quantitative estimate of drug-likeness (QED) is 0.435. The number of benzene rings is 2. The van der Waals surface area contributed by atoms with Crippen LogP contribution >= 0.6 is 0 Å². The Morgan fingerprint density at radius 2 is 1.20 bits per heavy atom. The lowest BCUT2D eigenvalue weighted by Crippen LogP contribution is -2.62. The Kier molecular flexibility index (Phi) is 6.27. The number of pyridine rings is 1. The highest BCUT2D eigenvalue weighted by Crippen LogP contribution is 2.15. The van der Waals surface area contributed by atoms with Crippen molar-refractivity contribution in [1.82, 2.24) is 9.97 Å². The van der Waals surface area contributed by atoms with Gasteiger partial charge in [-0.15, -0.1) is 0 Å². The van der Waals surface area contributed by atoms with Gasteiger partial charge in [-0.1, -0.05) is 35.4 Å². The average molecular weight is 419 g/mol. The van der Waals surface area contributed by atoms with E-state index in [0.29, 0.717) is 0 Å². The Hall–Kier alpha value is -2.73. The zero-order valence-corrected chi connectivity index (χ0v) is 19.5. The highest BCUT2D eigenvalue weighted by atomic mass is 28.4. The first-order valence-electron chi connectivity index (χ1n) is 10.1. The average Bonchev–Trinajstić information content (AvgIpc) is 3.08. The molecule has 0 radical (unpaired) electrons. The second-order valence-corrected chi connectivity index (χ2v) is 10.5. The van der Waals surface area contributed by atoms with Crippen molar-refractivity contribution in [3.63, 3.8) is 0 Å². The zero-order valence-electron chi connectivity index (χ0n) is 18.5. The summed E-state index contributed by atoms with van der Waals surface area (Å²) < 4.78 is 0. The third-order valence-electron chi connectivity index (χ3n) is 5.37. The smallest absolute Gasteiger partial charge is 0.402 e. The maximum atomic E-state index is 11.1.